The van der Waals surface area contributed by atoms with Crippen molar-refractivity contribution in [2.75, 3.05) is 12.0 Å². The van der Waals surface area contributed by atoms with Gasteiger partial charge in [0.2, 0.25) is 5.91 Å². The van der Waals surface area contributed by atoms with E-state index in [2.05, 4.69) is 5.43 Å². The Kier molecular flexibility index (Phi) is 7.57. The third-order valence-electron chi connectivity index (χ3n) is 5.78. The van der Waals surface area contributed by atoms with Crippen molar-refractivity contribution in [3.05, 3.63) is 106 Å². The van der Waals surface area contributed by atoms with Crippen molar-refractivity contribution in [1.29, 1.82) is 0 Å². The van der Waals surface area contributed by atoms with Crippen LogP contribution in [0.15, 0.2) is 84.9 Å². The van der Waals surface area contributed by atoms with E-state index in [1.807, 2.05) is 0 Å². The molecular weight excluding hydrogens is 492 g/mol. The van der Waals surface area contributed by atoms with Crippen molar-refractivity contribution >= 4 is 41.1 Å². The summed E-state index contributed by atoms with van der Waals surface area (Å²) in [6, 6.07) is 18.5. The second-order valence-corrected chi connectivity index (χ2v) is 8.18. The second-order valence-electron chi connectivity index (χ2n) is 8.18. The number of carbonyl (C=O) groups is 4. The highest BCUT2D eigenvalue weighted by Gasteiger charge is 2.45. The van der Waals surface area contributed by atoms with Crippen molar-refractivity contribution in [2.24, 2.45) is 0 Å². The topological polar surface area (TPSA) is 139 Å². The van der Waals surface area contributed by atoms with Crippen LogP contribution >= 0.6 is 0 Å². The van der Waals surface area contributed by atoms with Crippen molar-refractivity contribution in [1.82, 2.24) is 10.4 Å². The summed E-state index contributed by atoms with van der Waals surface area (Å²) in [7, 11) is 1.48. The van der Waals surface area contributed by atoms with Gasteiger partial charge >= 0.3 is 0 Å². The molecule has 11 nitrogen and oxygen atoms in total. The molecule has 4 amide bonds. The molecule has 1 atom stereocenters. The number of ether oxygens (including phenoxy) is 1. The summed E-state index contributed by atoms with van der Waals surface area (Å²) in [5.74, 6) is -2.12. The van der Waals surface area contributed by atoms with Crippen molar-refractivity contribution in [3.63, 3.8) is 0 Å². The predicted molar refractivity (Wildman–Crippen MR) is 137 cm³/mol. The van der Waals surface area contributed by atoms with E-state index in [1.165, 1.54) is 49.6 Å². The Bertz CT molecular complexity index is 1400. The van der Waals surface area contributed by atoms with Crippen LogP contribution in [-0.2, 0) is 14.4 Å². The molecule has 0 bridgehead atoms. The highest BCUT2D eigenvalue weighted by molar-refractivity contribution is 6.23. The van der Waals surface area contributed by atoms with Crippen LogP contribution in [-0.4, -0.2) is 46.7 Å². The first kappa shape index (κ1) is 25.8. The highest BCUT2D eigenvalue weighted by atomic mass is 16.6. The van der Waals surface area contributed by atoms with Gasteiger partial charge in [0.05, 0.1) is 24.1 Å². The van der Waals surface area contributed by atoms with Gasteiger partial charge in [-0.05, 0) is 60.2 Å². The molecule has 3 aromatic carbocycles. The first-order valence-corrected chi connectivity index (χ1v) is 11.4. The number of nitrogens with one attached hydrogen (secondary N) is 1. The smallest absolute Gasteiger partial charge is 0.269 e. The summed E-state index contributed by atoms with van der Waals surface area (Å²) in [5, 5.41) is 11.7. The quantitative estimate of drug-likeness (QED) is 0.221. The number of benzene rings is 3. The van der Waals surface area contributed by atoms with Gasteiger partial charge in [0, 0.05) is 23.8 Å². The van der Waals surface area contributed by atoms with Crippen molar-refractivity contribution < 1.29 is 28.8 Å². The van der Waals surface area contributed by atoms with E-state index in [4.69, 9.17) is 4.74 Å². The fourth-order valence-corrected chi connectivity index (χ4v) is 3.82. The number of nitro groups is 1. The Morgan fingerprint density at radius 3 is 2.29 bits per heavy atom. The first-order chi connectivity index (χ1) is 18.3. The number of hydrogen-bond acceptors (Lipinski definition) is 7. The third kappa shape index (κ3) is 5.57. The van der Waals surface area contributed by atoms with Crippen LogP contribution in [0.3, 0.4) is 0 Å². The normalized spacial score (nSPS) is 15.0. The molecule has 1 N–H and O–H groups in total. The molecule has 38 heavy (non-hydrogen) atoms. The lowest BCUT2D eigenvalue weighted by molar-refractivity contribution is -0.384. The minimum absolute atomic E-state index is 0.113. The molecule has 1 aliphatic heterocycles. The molecule has 1 fully saturated rings. The Labute approximate surface area is 217 Å². The summed E-state index contributed by atoms with van der Waals surface area (Å²) >= 11 is 0. The Balaban J connectivity index is 1.61. The van der Waals surface area contributed by atoms with Gasteiger partial charge in [0.25, 0.3) is 23.4 Å². The standard InChI is InChI=1S/C27H22N4O7/c1-38-22-14-10-19(11-15-22)26(34)28-30(24(32)16-9-18-7-12-21(13-8-18)31(36)37)23-17-25(33)29(27(23)35)20-5-3-2-4-6-20/h2-16,23H,17H2,1H3,(H,28,34). The van der Waals surface area contributed by atoms with E-state index in [1.54, 1.807) is 42.5 Å². The van der Waals surface area contributed by atoms with E-state index < -0.39 is 34.6 Å². The maximum Gasteiger partial charge on any atom is 0.269 e. The molecule has 1 heterocycles. The van der Waals surface area contributed by atoms with Crippen LogP contribution < -0.4 is 15.1 Å². The number of amides is 4. The van der Waals surface area contributed by atoms with Gasteiger partial charge in [0.1, 0.15) is 11.8 Å². The zero-order valence-corrected chi connectivity index (χ0v) is 20.1. The molecule has 192 valence electrons. The minimum Gasteiger partial charge on any atom is -0.497 e. The van der Waals surface area contributed by atoms with Gasteiger partial charge in [-0.25, -0.2) is 9.91 Å². The molecule has 0 aliphatic carbocycles. The largest absolute Gasteiger partial charge is 0.497 e. The maximum absolute atomic E-state index is 13.3. The van der Waals surface area contributed by atoms with E-state index in [9.17, 15) is 29.3 Å². The van der Waals surface area contributed by atoms with Crippen molar-refractivity contribution in [3.8, 4) is 5.75 Å². The number of methoxy groups -OCH3 is 1. The summed E-state index contributed by atoms with van der Waals surface area (Å²) in [5.41, 5.74) is 3.37. The summed E-state index contributed by atoms with van der Waals surface area (Å²) in [4.78, 5) is 63.6. The SMILES string of the molecule is COc1ccc(C(=O)NN(C(=O)C=Cc2ccc([N+](=O)[O-])cc2)C2CC(=O)N(c3ccccc3)C2=O)cc1. The van der Waals surface area contributed by atoms with Crippen molar-refractivity contribution in [2.45, 2.75) is 12.5 Å². The number of imide groups is 1. The van der Waals surface area contributed by atoms with Gasteiger partial charge in [-0.1, -0.05) is 18.2 Å². The Morgan fingerprint density at radius 1 is 1.03 bits per heavy atom. The predicted octanol–water partition coefficient (Wildman–Crippen LogP) is 3.12. The third-order valence-corrected chi connectivity index (χ3v) is 5.78. The van der Waals surface area contributed by atoms with Crippen LogP contribution in [0, 0.1) is 10.1 Å². The molecule has 3 aromatic rings. The average Bonchev–Trinajstić information content (AvgIpc) is 3.23. The molecule has 0 saturated carbocycles. The molecule has 0 spiro atoms. The zero-order valence-electron chi connectivity index (χ0n) is 20.1. The van der Waals surface area contributed by atoms with Crippen LogP contribution in [0.4, 0.5) is 11.4 Å². The lowest BCUT2D eigenvalue weighted by atomic mass is 10.1. The number of nitro benzene ring substituents is 1. The number of hydrogen-bond donors (Lipinski definition) is 1. The van der Waals surface area contributed by atoms with E-state index in [0.29, 0.717) is 17.0 Å². The van der Waals surface area contributed by atoms with Crippen LogP contribution in [0.25, 0.3) is 6.08 Å². The van der Waals surface area contributed by atoms with Crippen LogP contribution in [0.2, 0.25) is 0 Å². The molecule has 1 aliphatic rings. The molecule has 11 heteroatoms. The lowest BCUT2D eigenvalue weighted by Gasteiger charge is -2.27. The number of para-hydroxylation sites is 1. The fraction of sp³-hybridized carbons (Fsp3) is 0.111. The zero-order chi connectivity index (χ0) is 27.2. The first-order valence-electron chi connectivity index (χ1n) is 11.4. The minimum atomic E-state index is -1.29. The van der Waals surface area contributed by atoms with E-state index in [0.717, 1.165) is 16.0 Å². The second kappa shape index (κ2) is 11.2. The average molecular weight is 514 g/mol. The van der Waals surface area contributed by atoms with Gasteiger partial charge in [-0.15, -0.1) is 0 Å². The monoisotopic (exact) mass is 514 g/mol. The molecule has 0 aromatic heterocycles. The molecular formula is C27H22N4O7. The number of carbonyl (C=O) groups excluding carboxylic acids is 4. The van der Waals surface area contributed by atoms with Gasteiger partial charge in [-0.2, -0.15) is 0 Å². The molecule has 1 saturated heterocycles. The maximum atomic E-state index is 13.3. The molecule has 0 radical (unpaired) electrons. The summed E-state index contributed by atoms with van der Waals surface area (Å²) < 4.78 is 5.09. The summed E-state index contributed by atoms with van der Waals surface area (Å²) in [6.07, 6.45) is 2.15. The number of hydrazine groups is 1. The number of non-ortho nitro benzene ring substituents is 1. The molecule has 4 rings (SSSR count). The fourth-order valence-electron chi connectivity index (χ4n) is 3.82. The van der Waals surface area contributed by atoms with E-state index in [-0.39, 0.29) is 17.7 Å². The number of rotatable bonds is 7. The van der Waals surface area contributed by atoms with Crippen LogP contribution in [0.1, 0.15) is 22.3 Å². The summed E-state index contributed by atoms with van der Waals surface area (Å²) in [6.45, 7) is 0. The van der Waals surface area contributed by atoms with E-state index >= 15 is 0 Å². The van der Waals surface area contributed by atoms with Gasteiger partial charge in [0.15, 0.2) is 0 Å². The molecule has 1 unspecified atom stereocenters. The number of nitrogens with zero attached hydrogens (tertiary/aromatic N) is 3. The lowest BCUT2D eigenvalue weighted by Crippen LogP contribution is -2.54. The van der Waals surface area contributed by atoms with Crippen LogP contribution in [0.5, 0.6) is 5.75 Å². The Morgan fingerprint density at radius 2 is 1.68 bits per heavy atom. The van der Waals surface area contributed by atoms with Gasteiger partial charge < -0.3 is 4.74 Å². The van der Waals surface area contributed by atoms with Gasteiger partial charge in [-0.3, -0.25) is 34.7 Å². The highest BCUT2D eigenvalue weighted by Crippen LogP contribution is 2.25. The number of anilines is 1. The Hall–Kier alpha value is -5.32.